The fraction of sp³-hybridized carbons (Fsp3) is 0.857. The Morgan fingerprint density at radius 3 is 3.24 bits per heavy atom. The van der Waals surface area contributed by atoms with E-state index in [0.29, 0.717) is 17.8 Å². The molecule has 4 heterocycles. The fourth-order valence-electron chi connectivity index (χ4n) is 3.56. The van der Waals surface area contributed by atoms with Crippen molar-refractivity contribution in [3.63, 3.8) is 0 Å². The Balaban J connectivity index is 1.42. The molecular weight excluding hydrogens is 272 g/mol. The van der Waals surface area contributed by atoms with E-state index in [2.05, 4.69) is 20.4 Å². The van der Waals surface area contributed by atoms with Crippen LogP contribution in [0.2, 0.25) is 0 Å². The molecule has 3 fully saturated rings. The highest BCUT2D eigenvalue weighted by Gasteiger charge is 2.36. The minimum absolute atomic E-state index is 0.0588. The Morgan fingerprint density at radius 1 is 1.43 bits per heavy atom. The molecule has 0 saturated carbocycles. The lowest BCUT2D eigenvalue weighted by molar-refractivity contribution is -0.0548. The van der Waals surface area contributed by atoms with Crippen molar-refractivity contribution in [2.45, 2.75) is 43.6 Å². The number of nitrogens with zero attached hydrogens (tertiary/aromatic N) is 3. The third-order valence-electron chi connectivity index (χ3n) is 4.86. The van der Waals surface area contributed by atoms with Crippen molar-refractivity contribution in [1.29, 1.82) is 0 Å². The summed E-state index contributed by atoms with van der Waals surface area (Å²) in [5.74, 6) is 1.33. The second-order valence-corrected chi connectivity index (χ2v) is 6.16. The minimum Gasteiger partial charge on any atom is -0.380 e. The third kappa shape index (κ3) is 2.59. The van der Waals surface area contributed by atoms with Gasteiger partial charge in [-0.25, -0.2) is 0 Å². The molecule has 0 bridgehead atoms. The maximum Gasteiger partial charge on any atom is 0.243 e. The molecule has 3 aliphatic rings. The number of hydrogen-bond acceptors (Lipinski definition) is 7. The summed E-state index contributed by atoms with van der Waals surface area (Å²) < 4.78 is 16.7. The van der Waals surface area contributed by atoms with Crippen molar-refractivity contribution in [3.8, 4) is 0 Å². The third-order valence-corrected chi connectivity index (χ3v) is 4.86. The van der Waals surface area contributed by atoms with Crippen LogP contribution in [0.5, 0.6) is 0 Å². The number of fused-ring (bicyclic) bond motifs is 1. The topological polar surface area (TPSA) is 72.7 Å². The van der Waals surface area contributed by atoms with Crippen LogP contribution in [-0.4, -0.2) is 60.5 Å². The van der Waals surface area contributed by atoms with Gasteiger partial charge in [0.15, 0.2) is 0 Å². The molecule has 21 heavy (non-hydrogen) atoms. The Hall–Kier alpha value is -1.02. The Morgan fingerprint density at radius 2 is 2.38 bits per heavy atom. The Bertz CT molecular complexity index is 494. The van der Waals surface area contributed by atoms with Crippen molar-refractivity contribution >= 4 is 0 Å². The first kappa shape index (κ1) is 13.6. The number of hydrogen-bond donors (Lipinski definition) is 1. The van der Waals surface area contributed by atoms with Gasteiger partial charge in [0.1, 0.15) is 6.10 Å². The number of ether oxygens (including phenoxy) is 2. The van der Waals surface area contributed by atoms with E-state index in [0.717, 1.165) is 32.7 Å². The molecule has 2 unspecified atom stereocenters. The van der Waals surface area contributed by atoms with Gasteiger partial charge in [0.05, 0.1) is 18.8 Å². The maximum absolute atomic E-state index is 5.92. The molecule has 116 valence electrons. The fourth-order valence-corrected chi connectivity index (χ4v) is 3.56. The van der Waals surface area contributed by atoms with Gasteiger partial charge in [-0.05, 0) is 25.8 Å². The number of nitrogens with one attached hydrogen (secondary N) is 1. The molecule has 7 nitrogen and oxygen atoms in total. The van der Waals surface area contributed by atoms with E-state index >= 15 is 0 Å². The van der Waals surface area contributed by atoms with Crippen LogP contribution in [0.4, 0.5) is 0 Å². The van der Waals surface area contributed by atoms with Gasteiger partial charge in [-0.1, -0.05) is 5.16 Å². The lowest BCUT2D eigenvalue weighted by atomic mass is 10.2. The molecular formula is C14H22N4O3. The zero-order chi connectivity index (χ0) is 14.2. The van der Waals surface area contributed by atoms with Crippen molar-refractivity contribution in [3.05, 3.63) is 11.7 Å². The Kier molecular flexibility index (Phi) is 3.66. The molecule has 0 aromatic carbocycles. The van der Waals surface area contributed by atoms with E-state index in [9.17, 15) is 0 Å². The molecule has 1 aromatic heterocycles. The quantitative estimate of drug-likeness (QED) is 0.877. The van der Waals surface area contributed by atoms with Gasteiger partial charge < -0.3 is 19.3 Å². The molecule has 4 rings (SSSR count). The summed E-state index contributed by atoms with van der Waals surface area (Å²) in [7, 11) is 1.73. The Labute approximate surface area is 124 Å². The summed E-state index contributed by atoms with van der Waals surface area (Å²) >= 11 is 0. The second-order valence-electron chi connectivity index (χ2n) is 6.16. The minimum atomic E-state index is -0.0588. The lowest BCUT2D eigenvalue weighted by Gasteiger charge is -2.33. The largest absolute Gasteiger partial charge is 0.380 e. The SMILES string of the molecule is CO[C@@H]1CN[C@@H](c2nc(C3CN4CCCC4CO3)no2)C1. The van der Waals surface area contributed by atoms with E-state index in [4.69, 9.17) is 14.0 Å². The second kappa shape index (κ2) is 5.64. The summed E-state index contributed by atoms with van der Waals surface area (Å²) in [4.78, 5) is 7.04. The first-order chi connectivity index (χ1) is 10.3. The monoisotopic (exact) mass is 294 g/mol. The van der Waals surface area contributed by atoms with Crippen LogP contribution in [0.3, 0.4) is 0 Å². The first-order valence-corrected chi connectivity index (χ1v) is 7.79. The number of morpholine rings is 1. The van der Waals surface area contributed by atoms with Crippen LogP contribution in [0, 0.1) is 0 Å². The average Bonchev–Trinajstić information content (AvgIpc) is 3.24. The zero-order valence-electron chi connectivity index (χ0n) is 12.3. The van der Waals surface area contributed by atoms with Gasteiger partial charge in [-0.15, -0.1) is 0 Å². The summed E-state index contributed by atoms with van der Waals surface area (Å²) in [6.07, 6.45) is 3.55. The summed E-state index contributed by atoms with van der Waals surface area (Å²) in [6, 6.07) is 0.686. The molecule has 0 radical (unpaired) electrons. The van der Waals surface area contributed by atoms with E-state index in [-0.39, 0.29) is 18.2 Å². The van der Waals surface area contributed by atoms with E-state index in [1.807, 2.05) is 0 Å². The smallest absolute Gasteiger partial charge is 0.243 e. The highest BCUT2D eigenvalue weighted by molar-refractivity contribution is 5.01. The van der Waals surface area contributed by atoms with Gasteiger partial charge >= 0.3 is 0 Å². The highest BCUT2D eigenvalue weighted by Crippen LogP contribution is 2.30. The molecule has 4 atom stereocenters. The van der Waals surface area contributed by atoms with Crippen LogP contribution in [0.1, 0.15) is 43.1 Å². The molecule has 7 heteroatoms. The normalized spacial score (nSPS) is 37.0. The van der Waals surface area contributed by atoms with E-state index < -0.39 is 0 Å². The van der Waals surface area contributed by atoms with Crippen molar-refractivity contribution in [2.75, 3.05) is 33.4 Å². The van der Waals surface area contributed by atoms with Crippen molar-refractivity contribution < 1.29 is 14.0 Å². The lowest BCUT2D eigenvalue weighted by Crippen LogP contribution is -2.42. The van der Waals surface area contributed by atoms with Gasteiger partial charge in [0, 0.05) is 26.2 Å². The van der Waals surface area contributed by atoms with Gasteiger partial charge in [-0.2, -0.15) is 4.98 Å². The predicted molar refractivity (Wildman–Crippen MR) is 73.7 cm³/mol. The molecule has 0 aliphatic carbocycles. The average molecular weight is 294 g/mol. The zero-order valence-corrected chi connectivity index (χ0v) is 12.3. The molecule has 3 saturated heterocycles. The van der Waals surface area contributed by atoms with Crippen molar-refractivity contribution in [2.24, 2.45) is 0 Å². The van der Waals surface area contributed by atoms with Crippen LogP contribution in [0.25, 0.3) is 0 Å². The predicted octanol–water partition coefficient (Wildman–Crippen LogP) is 0.655. The van der Waals surface area contributed by atoms with Crippen LogP contribution >= 0.6 is 0 Å². The van der Waals surface area contributed by atoms with E-state index in [1.54, 1.807) is 7.11 Å². The highest BCUT2D eigenvalue weighted by atomic mass is 16.5. The van der Waals surface area contributed by atoms with Crippen LogP contribution < -0.4 is 5.32 Å². The van der Waals surface area contributed by atoms with E-state index in [1.165, 1.54) is 12.8 Å². The van der Waals surface area contributed by atoms with Crippen LogP contribution in [0.15, 0.2) is 4.52 Å². The molecule has 0 amide bonds. The summed E-state index contributed by atoms with van der Waals surface area (Å²) in [5.41, 5.74) is 0. The van der Waals surface area contributed by atoms with Gasteiger partial charge in [0.2, 0.25) is 11.7 Å². The molecule has 1 N–H and O–H groups in total. The van der Waals surface area contributed by atoms with Gasteiger partial charge in [-0.3, -0.25) is 4.90 Å². The maximum atomic E-state index is 5.92. The van der Waals surface area contributed by atoms with Gasteiger partial charge in [0.25, 0.3) is 0 Å². The molecule has 3 aliphatic heterocycles. The van der Waals surface area contributed by atoms with Crippen molar-refractivity contribution in [1.82, 2.24) is 20.4 Å². The molecule has 1 aromatic rings. The summed E-state index contributed by atoms with van der Waals surface area (Å²) in [5, 5.41) is 7.49. The number of rotatable bonds is 3. The standard InChI is InChI=1S/C14H22N4O3/c1-19-10-5-11(15-6-10)14-16-13(17-21-14)12-7-18-4-2-3-9(18)8-20-12/h9-12,15H,2-8H2,1H3/t9?,10-,11+,12?/m0/s1. The number of methoxy groups -OCH3 is 1. The molecule has 0 spiro atoms. The van der Waals surface area contributed by atoms with Crippen LogP contribution in [-0.2, 0) is 9.47 Å². The first-order valence-electron chi connectivity index (χ1n) is 7.79. The number of aromatic nitrogens is 2. The summed E-state index contributed by atoms with van der Waals surface area (Å²) in [6.45, 7) is 3.65.